The first kappa shape index (κ1) is 33.1. The van der Waals surface area contributed by atoms with E-state index in [2.05, 4.69) is 166 Å². The Labute approximate surface area is 307 Å². The van der Waals surface area contributed by atoms with Crippen LogP contribution in [0.2, 0.25) is 0 Å². The Morgan fingerprint density at radius 3 is 1.69 bits per heavy atom. The lowest BCUT2D eigenvalue weighted by atomic mass is 9.86. The molecule has 0 saturated carbocycles. The Balaban J connectivity index is 1.19. The quantitative estimate of drug-likeness (QED) is 0.0906. The molecule has 1 aromatic heterocycles. The van der Waals surface area contributed by atoms with Gasteiger partial charge in [0.15, 0.2) is 13.7 Å². The van der Waals surface area contributed by atoms with E-state index in [9.17, 15) is 0 Å². The summed E-state index contributed by atoms with van der Waals surface area (Å²) in [5.41, 5.74) is 7.77. The minimum absolute atomic E-state index is 0.0642. The third-order valence-corrected chi connectivity index (χ3v) is 14.7. The van der Waals surface area contributed by atoms with Gasteiger partial charge < -0.3 is 4.42 Å². The summed E-state index contributed by atoms with van der Waals surface area (Å²) >= 11 is 0. The lowest BCUT2D eigenvalue weighted by Crippen LogP contribution is -2.74. The molecule has 0 atom stereocenters. The molecule has 0 radical (unpaired) electrons. The van der Waals surface area contributed by atoms with Crippen LogP contribution in [-0.4, -0.2) is 19.3 Å². The maximum atomic E-state index is 6.45. The van der Waals surface area contributed by atoms with Gasteiger partial charge in [-0.05, 0) is 67.1 Å². The Hall–Kier alpha value is -6.10. The van der Waals surface area contributed by atoms with Crippen molar-refractivity contribution in [2.45, 2.75) is 26.2 Å². The molecule has 8 rings (SSSR count). The van der Waals surface area contributed by atoms with Gasteiger partial charge in [-0.15, -0.1) is 0 Å². The molecule has 0 aliphatic rings. The fourth-order valence-electron chi connectivity index (χ4n) is 7.26. The molecule has 0 bridgehead atoms. The molecule has 0 N–H and O–H groups in total. The monoisotopic (exact) mass is 688 g/mol. The number of para-hydroxylation sites is 2. The number of rotatable bonds is 8. The second kappa shape index (κ2) is 13.9. The molecule has 0 amide bonds. The van der Waals surface area contributed by atoms with Crippen molar-refractivity contribution < 1.29 is 4.42 Å². The summed E-state index contributed by atoms with van der Waals surface area (Å²) < 4.78 is 6.45. The predicted octanol–water partition coefficient (Wildman–Crippen LogP) is 9.59. The molecule has 0 saturated heterocycles. The van der Waals surface area contributed by atoms with Crippen LogP contribution >= 0.6 is 0 Å². The lowest BCUT2D eigenvalue weighted by molar-refractivity contribution is 0.590. The summed E-state index contributed by atoms with van der Waals surface area (Å²) in [6.45, 7) is 6.68. The van der Waals surface area contributed by atoms with Crippen LogP contribution < -0.4 is 20.7 Å². The van der Waals surface area contributed by atoms with Crippen LogP contribution in [0.3, 0.4) is 0 Å². The van der Waals surface area contributed by atoms with Gasteiger partial charge in [-0.2, -0.15) is 0 Å². The Kier molecular flexibility index (Phi) is 8.84. The minimum atomic E-state index is -2.62. The molecule has 8 aromatic rings. The molecule has 0 spiro atoms. The van der Waals surface area contributed by atoms with Crippen molar-refractivity contribution in [3.05, 3.63) is 193 Å². The zero-order valence-corrected chi connectivity index (χ0v) is 30.7. The zero-order valence-electron chi connectivity index (χ0n) is 29.7. The molecular weight excluding hydrogens is 649 g/mol. The van der Waals surface area contributed by atoms with Gasteiger partial charge in [-0.25, -0.2) is 4.98 Å². The van der Waals surface area contributed by atoms with Crippen LogP contribution in [0.15, 0.2) is 191 Å². The highest BCUT2D eigenvalue weighted by atomic mass is 28.3. The SMILES string of the molecule is CC(C)(C)c1cccc(C=Nc2ccccc2-c2nc3c(-c4ccc([Si](c5ccccc5)(c5ccccc5)c5ccccc5)cc4)cccc3o2)c1. The lowest BCUT2D eigenvalue weighted by Gasteiger charge is -2.34. The fraction of sp³-hybridized carbons (Fsp3) is 0.0833. The normalized spacial score (nSPS) is 12.1. The molecular formula is C48H40N2OSi. The van der Waals surface area contributed by atoms with Crippen molar-refractivity contribution in [3.8, 4) is 22.6 Å². The number of fused-ring (bicyclic) bond motifs is 1. The summed E-state index contributed by atoms with van der Waals surface area (Å²) in [6, 6.07) is 65.0. The van der Waals surface area contributed by atoms with Gasteiger partial charge in [0.2, 0.25) is 5.89 Å². The van der Waals surface area contributed by atoms with Gasteiger partial charge in [0.1, 0.15) is 5.52 Å². The fourth-order valence-corrected chi connectivity index (χ4v) is 12.0. The van der Waals surface area contributed by atoms with Crippen molar-refractivity contribution in [1.82, 2.24) is 4.98 Å². The van der Waals surface area contributed by atoms with Crippen LogP contribution in [0.1, 0.15) is 31.9 Å². The summed E-state index contributed by atoms with van der Waals surface area (Å²) in [7, 11) is -2.62. The van der Waals surface area contributed by atoms with Gasteiger partial charge in [-0.1, -0.05) is 178 Å². The third-order valence-electron chi connectivity index (χ3n) is 9.91. The van der Waals surface area contributed by atoms with Gasteiger partial charge in [0.05, 0.1) is 11.3 Å². The van der Waals surface area contributed by atoms with E-state index in [1.54, 1.807) is 0 Å². The smallest absolute Gasteiger partial charge is 0.229 e. The molecule has 3 nitrogen and oxygen atoms in total. The van der Waals surface area contributed by atoms with Crippen molar-refractivity contribution in [2.75, 3.05) is 0 Å². The van der Waals surface area contributed by atoms with E-state index in [-0.39, 0.29) is 5.41 Å². The number of hydrogen-bond acceptors (Lipinski definition) is 3. The highest BCUT2D eigenvalue weighted by Crippen LogP contribution is 2.35. The predicted molar refractivity (Wildman–Crippen MR) is 221 cm³/mol. The van der Waals surface area contributed by atoms with Gasteiger partial charge in [-0.3, -0.25) is 4.99 Å². The van der Waals surface area contributed by atoms with Crippen LogP contribution in [-0.2, 0) is 5.41 Å². The Morgan fingerprint density at radius 2 is 1.08 bits per heavy atom. The van der Waals surface area contributed by atoms with Crippen molar-refractivity contribution in [2.24, 2.45) is 4.99 Å². The van der Waals surface area contributed by atoms with E-state index in [4.69, 9.17) is 14.4 Å². The number of aromatic nitrogens is 1. The maximum Gasteiger partial charge on any atom is 0.229 e. The van der Waals surface area contributed by atoms with E-state index in [0.29, 0.717) is 5.89 Å². The van der Waals surface area contributed by atoms with Crippen LogP contribution in [0.25, 0.3) is 33.7 Å². The molecule has 0 aliphatic carbocycles. The first-order valence-electron chi connectivity index (χ1n) is 17.8. The minimum Gasteiger partial charge on any atom is -0.436 e. The Morgan fingerprint density at radius 1 is 0.538 bits per heavy atom. The van der Waals surface area contributed by atoms with E-state index in [1.165, 1.54) is 26.3 Å². The first-order valence-corrected chi connectivity index (χ1v) is 19.8. The van der Waals surface area contributed by atoms with E-state index >= 15 is 0 Å². The molecule has 0 fully saturated rings. The van der Waals surface area contributed by atoms with Crippen LogP contribution in [0.5, 0.6) is 0 Å². The molecule has 0 unspecified atom stereocenters. The second-order valence-electron chi connectivity index (χ2n) is 14.2. The molecule has 252 valence electrons. The van der Waals surface area contributed by atoms with E-state index in [0.717, 1.165) is 39.0 Å². The number of nitrogens with zero attached hydrogens (tertiary/aromatic N) is 2. The average molecular weight is 689 g/mol. The summed E-state index contributed by atoms with van der Waals surface area (Å²) in [6.07, 6.45) is 1.92. The third kappa shape index (κ3) is 6.23. The maximum absolute atomic E-state index is 6.45. The number of aliphatic imine (C=N–C) groups is 1. The van der Waals surface area contributed by atoms with Gasteiger partial charge >= 0.3 is 0 Å². The molecule has 0 aliphatic heterocycles. The second-order valence-corrected chi connectivity index (χ2v) is 18.1. The zero-order chi connectivity index (χ0) is 35.5. The standard InChI is InChI=1S/C48H40N2OSi/c1-48(2,3)37-18-15-17-35(33-37)34-49-44-27-14-13-25-43(44)47-50-46-42(26-16-28-45(46)51-47)36-29-31-41(32-30-36)52(38-19-7-4-8-20-38,39-21-9-5-10-22-39)40-23-11-6-12-24-40/h4-34H,1-3H3. The van der Waals surface area contributed by atoms with Gasteiger partial charge in [0, 0.05) is 11.8 Å². The summed E-state index contributed by atoms with van der Waals surface area (Å²) in [5.74, 6) is 0.555. The number of hydrogen-bond donors (Lipinski definition) is 0. The largest absolute Gasteiger partial charge is 0.436 e. The van der Waals surface area contributed by atoms with Crippen molar-refractivity contribution in [3.63, 3.8) is 0 Å². The number of benzene rings is 7. The molecule has 7 aromatic carbocycles. The van der Waals surface area contributed by atoms with Crippen LogP contribution in [0.4, 0.5) is 5.69 Å². The van der Waals surface area contributed by atoms with Crippen molar-refractivity contribution >= 4 is 51.8 Å². The number of oxazole rings is 1. The average Bonchev–Trinajstić information content (AvgIpc) is 3.64. The van der Waals surface area contributed by atoms with Gasteiger partial charge in [0.25, 0.3) is 0 Å². The van der Waals surface area contributed by atoms with E-state index in [1.807, 2.05) is 42.6 Å². The summed E-state index contributed by atoms with van der Waals surface area (Å²) in [5, 5.41) is 5.39. The molecule has 1 heterocycles. The summed E-state index contributed by atoms with van der Waals surface area (Å²) in [4.78, 5) is 10.0. The molecule has 52 heavy (non-hydrogen) atoms. The highest BCUT2D eigenvalue weighted by molar-refractivity contribution is 7.19. The van der Waals surface area contributed by atoms with Crippen molar-refractivity contribution in [1.29, 1.82) is 0 Å². The van der Waals surface area contributed by atoms with E-state index < -0.39 is 8.07 Å². The highest BCUT2D eigenvalue weighted by Gasteiger charge is 2.41. The topological polar surface area (TPSA) is 38.4 Å². The molecule has 4 heteroatoms. The van der Waals surface area contributed by atoms with Crippen LogP contribution in [0, 0.1) is 0 Å². The Bertz CT molecular complexity index is 2380. The first-order chi connectivity index (χ1) is 25.4.